The fourth-order valence-corrected chi connectivity index (χ4v) is 3.53. The number of halogens is 2. The Morgan fingerprint density at radius 3 is 2.58 bits per heavy atom. The van der Waals surface area contributed by atoms with Crippen molar-refractivity contribution >= 4 is 34.8 Å². The number of hydrogen-bond donors (Lipinski definition) is 1. The summed E-state index contributed by atoms with van der Waals surface area (Å²) in [5.74, 6) is 1.33. The summed E-state index contributed by atoms with van der Waals surface area (Å²) >= 11 is 12.2. The standard InChI is InChI=1S/C19H19Cl2NO4/c1-4-25-17-8-11-5-10(2)26-16(11)9-15(17)22-19(23)12-6-13(20)18(24-3)14(21)7-12/h6-10H,4-5H2,1-3H3,(H,22,23). The van der Waals surface area contributed by atoms with E-state index in [4.69, 9.17) is 37.4 Å². The number of methoxy groups -OCH3 is 1. The highest BCUT2D eigenvalue weighted by molar-refractivity contribution is 6.37. The summed E-state index contributed by atoms with van der Waals surface area (Å²) in [6.07, 6.45) is 0.914. The summed E-state index contributed by atoms with van der Waals surface area (Å²) < 4.78 is 16.6. The SMILES string of the molecule is CCOc1cc2c(cc1NC(=O)c1cc(Cl)c(OC)c(Cl)c1)OC(C)C2. The molecule has 0 saturated carbocycles. The predicted octanol–water partition coefficient (Wildman–Crippen LogP) is 4.98. The third kappa shape index (κ3) is 3.69. The molecule has 0 radical (unpaired) electrons. The Morgan fingerprint density at radius 2 is 1.96 bits per heavy atom. The zero-order valence-corrected chi connectivity index (χ0v) is 16.2. The largest absolute Gasteiger partial charge is 0.494 e. The molecule has 0 aliphatic carbocycles. The molecule has 0 bridgehead atoms. The topological polar surface area (TPSA) is 56.8 Å². The number of carbonyl (C=O) groups excluding carboxylic acids is 1. The maximum absolute atomic E-state index is 12.7. The van der Waals surface area contributed by atoms with Crippen LogP contribution in [-0.2, 0) is 6.42 Å². The molecule has 1 heterocycles. The van der Waals surface area contributed by atoms with Crippen molar-refractivity contribution in [2.24, 2.45) is 0 Å². The van der Waals surface area contributed by atoms with Crippen molar-refractivity contribution in [3.63, 3.8) is 0 Å². The zero-order valence-electron chi connectivity index (χ0n) is 14.7. The zero-order chi connectivity index (χ0) is 18.8. The van der Waals surface area contributed by atoms with Gasteiger partial charge in [0, 0.05) is 23.6 Å². The molecule has 0 spiro atoms. The predicted molar refractivity (Wildman–Crippen MR) is 102 cm³/mol. The summed E-state index contributed by atoms with van der Waals surface area (Å²) in [6, 6.07) is 6.71. The first-order valence-corrected chi connectivity index (χ1v) is 8.99. The second kappa shape index (κ2) is 7.64. The average Bonchev–Trinajstić information content (AvgIpc) is 2.94. The number of benzene rings is 2. The summed E-state index contributed by atoms with van der Waals surface area (Å²) in [6.45, 7) is 4.37. The highest BCUT2D eigenvalue weighted by atomic mass is 35.5. The first-order chi connectivity index (χ1) is 12.4. The second-order valence-electron chi connectivity index (χ2n) is 5.95. The molecule has 2 aromatic rings. The molecule has 0 saturated heterocycles. The lowest BCUT2D eigenvalue weighted by Gasteiger charge is -2.14. The van der Waals surface area contributed by atoms with Crippen molar-refractivity contribution in [1.82, 2.24) is 0 Å². The molecule has 2 aromatic carbocycles. The van der Waals surface area contributed by atoms with Crippen LogP contribution < -0.4 is 19.5 Å². The third-order valence-corrected chi connectivity index (χ3v) is 4.57. The number of hydrogen-bond acceptors (Lipinski definition) is 4. The minimum atomic E-state index is -0.358. The fourth-order valence-electron chi connectivity index (χ4n) is 2.89. The van der Waals surface area contributed by atoms with Gasteiger partial charge in [0.2, 0.25) is 0 Å². The van der Waals surface area contributed by atoms with Gasteiger partial charge in [0.25, 0.3) is 5.91 Å². The van der Waals surface area contributed by atoms with Crippen LogP contribution in [0.1, 0.15) is 29.8 Å². The lowest BCUT2D eigenvalue weighted by molar-refractivity contribution is 0.102. The summed E-state index contributed by atoms with van der Waals surface area (Å²) in [4.78, 5) is 12.7. The van der Waals surface area contributed by atoms with E-state index in [1.807, 2.05) is 19.9 Å². The van der Waals surface area contributed by atoms with Gasteiger partial charge in [-0.2, -0.15) is 0 Å². The smallest absolute Gasteiger partial charge is 0.255 e. The van der Waals surface area contributed by atoms with Gasteiger partial charge in [-0.25, -0.2) is 0 Å². The number of fused-ring (bicyclic) bond motifs is 1. The molecule has 1 atom stereocenters. The van der Waals surface area contributed by atoms with Crippen LogP contribution in [0.2, 0.25) is 10.0 Å². The number of carbonyl (C=O) groups is 1. The van der Waals surface area contributed by atoms with Gasteiger partial charge < -0.3 is 19.5 Å². The average molecular weight is 396 g/mol. The van der Waals surface area contributed by atoms with Crippen LogP contribution in [-0.4, -0.2) is 25.7 Å². The Kier molecular flexibility index (Phi) is 5.49. The second-order valence-corrected chi connectivity index (χ2v) is 6.76. The van der Waals surface area contributed by atoms with Gasteiger partial charge in [0.15, 0.2) is 5.75 Å². The maximum atomic E-state index is 12.7. The lowest BCUT2D eigenvalue weighted by Crippen LogP contribution is -2.13. The number of amides is 1. The van der Waals surface area contributed by atoms with E-state index in [1.54, 1.807) is 6.07 Å². The molecule has 5 nitrogen and oxygen atoms in total. The molecule has 7 heteroatoms. The Labute approximate surface area is 162 Å². The van der Waals surface area contributed by atoms with Crippen molar-refractivity contribution < 1.29 is 19.0 Å². The van der Waals surface area contributed by atoms with E-state index in [2.05, 4.69) is 5.32 Å². The quantitative estimate of drug-likeness (QED) is 0.775. The van der Waals surface area contributed by atoms with Crippen LogP contribution in [0.4, 0.5) is 5.69 Å². The van der Waals surface area contributed by atoms with Crippen LogP contribution in [0.5, 0.6) is 17.2 Å². The molecular formula is C19H19Cl2NO4. The van der Waals surface area contributed by atoms with Crippen LogP contribution in [0, 0.1) is 0 Å². The first kappa shape index (κ1) is 18.7. The molecule has 1 aliphatic heterocycles. The van der Waals surface area contributed by atoms with Gasteiger partial charge >= 0.3 is 0 Å². The van der Waals surface area contributed by atoms with Crippen molar-refractivity contribution in [1.29, 1.82) is 0 Å². The van der Waals surface area contributed by atoms with Crippen molar-refractivity contribution in [3.05, 3.63) is 45.4 Å². The fraction of sp³-hybridized carbons (Fsp3) is 0.316. The van der Waals surface area contributed by atoms with Gasteiger partial charge in [0.1, 0.15) is 17.6 Å². The molecule has 138 valence electrons. The Balaban J connectivity index is 1.91. The van der Waals surface area contributed by atoms with Crippen LogP contribution in [0.25, 0.3) is 0 Å². The number of ether oxygens (including phenoxy) is 3. The maximum Gasteiger partial charge on any atom is 0.255 e. The highest BCUT2D eigenvalue weighted by Crippen LogP contribution is 2.39. The van der Waals surface area contributed by atoms with Crippen LogP contribution in [0.15, 0.2) is 24.3 Å². The van der Waals surface area contributed by atoms with Gasteiger partial charge in [-0.3, -0.25) is 4.79 Å². The van der Waals surface area contributed by atoms with Gasteiger partial charge in [0.05, 0.1) is 29.4 Å². The Hall–Kier alpha value is -2.11. The molecule has 1 unspecified atom stereocenters. The van der Waals surface area contributed by atoms with Crippen molar-refractivity contribution in [2.45, 2.75) is 26.4 Å². The summed E-state index contributed by atoms with van der Waals surface area (Å²) in [5.41, 5.74) is 1.92. The molecule has 1 aliphatic rings. The van der Waals surface area contributed by atoms with Crippen LogP contribution in [0.3, 0.4) is 0 Å². The summed E-state index contributed by atoms with van der Waals surface area (Å²) in [7, 11) is 1.47. The molecule has 1 N–H and O–H groups in total. The van der Waals surface area contributed by atoms with Crippen LogP contribution >= 0.6 is 23.2 Å². The van der Waals surface area contributed by atoms with E-state index < -0.39 is 0 Å². The Morgan fingerprint density at radius 1 is 1.27 bits per heavy atom. The van der Waals surface area contributed by atoms with E-state index in [9.17, 15) is 4.79 Å². The van der Waals surface area contributed by atoms with Gasteiger partial charge in [-0.05, 0) is 32.0 Å². The minimum Gasteiger partial charge on any atom is -0.494 e. The number of anilines is 1. The number of rotatable bonds is 5. The molecule has 26 heavy (non-hydrogen) atoms. The summed E-state index contributed by atoms with van der Waals surface area (Å²) in [5, 5.41) is 3.38. The number of nitrogens with one attached hydrogen (secondary N) is 1. The van der Waals surface area contributed by atoms with Gasteiger partial charge in [-0.15, -0.1) is 0 Å². The molecular weight excluding hydrogens is 377 g/mol. The molecule has 1 amide bonds. The van der Waals surface area contributed by atoms with Crippen molar-refractivity contribution in [2.75, 3.05) is 19.0 Å². The third-order valence-electron chi connectivity index (χ3n) is 4.01. The Bertz CT molecular complexity index is 831. The van der Waals surface area contributed by atoms with E-state index >= 15 is 0 Å². The van der Waals surface area contributed by atoms with Crippen molar-refractivity contribution in [3.8, 4) is 17.2 Å². The van der Waals surface area contributed by atoms with E-state index in [1.165, 1.54) is 19.2 Å². The van der Waals surface area contributed by atoms with Gasteiger partial charge in [-0.1, -0.05) is 23.2 Å². The molecule has 0 fully saturated rings. The van der Waals surface area contributed by atoms with E-state index in [0.29, 0.717) is 29.4 Å². The lowest BCUT2D eigenvalue weighted by atomic mass is 10.1. The van der Waals surface area contributed by atoms with E-state index in [-0.39, 0.29) is 22.1 Å². The highest BCUT2D eigenvalue weighted by Gasteiger charge is 2.23. The minimum absolute atomic E-state index is 0.102. The normalized spacial score (nSPS) is 15.2. The molecule has 0 aromatic heterocycles. The molecule has 3 rings (SSSR count). The first-order valence-electron chi connectivity index (χ1n) is 8.23. The van der Waals surface area contributed by atoms with E-state index in [0.717, 1.165) is 17.7 Å². The monoisotopic (exact) mass is 395 g/mol.